The molecule has 0 fully saturated rings. The highest BCUT2D eigenvalue weighted by Crippen LogP contribution is 2.37. The van der Waals surface area contributed by atoms with Crippen LogP contribution in [0, 0.1) is 0 Å². The van der Waals surface area contributed by atoms with E-state index in [1.54, 1.807) is 54.6 Å². The number of phenolic OH excluding ortho intramolecular Hbond substituents is 1. The first-order valence-electron chi connectivity index (χ1n) is 9.14. The molecule has 0 saturated carbocycles. The van der Waals surface area contributed by atoms with Gasteiger partial charge in [0, 0.05) is 5.56 Å². The maximum Gasteiger partial charge on any atom is 0.344 e. The van der Waals surface area contributed by atoms with Gasteiger partial charge in [0.1, 0.15) is 11.5 Å². The monoisotopic (exact) mass is 382 g/mol. The van der Waals surface area contributed by atoms with E-state index in [2.05, 4.69) is 0 Å². The van der Waals surface area contributed by atoms with Crippen LogP contribution < -0.4 is 9.47 Å². The second-order valence-electron chi connectivity index (χ2n) is 6.31. The van der Waals surface area contributed by atoms with E-state index >= 15 is 0 Å². The molecule has 0 aromatic heterocycles. The molecule has 0 heterocycles. The Morgan fingerprint density at radius 3 is 1.97 bits per heavy atom. The highest BCUT2D eigenvalue weighted by Gasteiger charge is 2.18. The molecule has 0 spiro atoms. The van der Waals surface area contributed by atoms with Crippen molar-refractivity contribution in [2.75, 3.05) is 0 Å². The zero-order valence-electron chi connectivity index (χ0n) is 15.5. The van der Waals surface area contributed by atoms with Crippen molar-refractivity contribution in [3.8, 4) is 34.1 Å². The summed E-state index contributed by atoms with van der Waals surface area (Å²) in [6, 6.07) is 30.3. The van der Waals surface area contributed by atoms with Crippen LogP contribution in [0.4, 0.5) is 0 Å². The number of benzene rings is 4. The minimum Gasteiger partial charge on any atom is -0.504 e. The standard InChI is InChI=1S/C25H18O4/c26-22-15-7-9-17-24(22)29-23-16-8-6-13-20(23)19-12-4-5-14-21(19)25(27)28-18-10-2-1-3-11-18/h1-17,26H. The first kappa shape index (κ1) is 18.3. The van der Waals surface area contributed by atoms with Crippen molar-refractivity contribution in [2.45, 2.75) is 0 Å². The molecule has 0 amide bonds. The molecular formula is C25H18O4. The molecule has 1 N–H and O–H groups in total. The minimum atomic E-state index is -0.454. The van der Waals surface area contributed by atoms with Gasteiger partial charge in [-0.05, 0) is 42.0 Å². The quantitative estimate of drug-likeness (QED) is 0.336. The summed E-state index contributed by atoms with van der Waals surface area (Å²) in [6.07, 6.45) is 0. The number of ether oxygens (including phenoxy) is 2. The number of phenols is 1. The summed E-state index contributed by atoms with van der Waals surface area (Å²) in [5.74, 6) is 0.924. The van der Waals surface area contributed by atoms with E-state index in [1.165, 1.54) is 0 Å². The third-order valence-corrected chi connectivity index (χ3v) is 4.36. The van der Waals surface area contributed by atoms with E-state index in [9.17, 15) is 9.90 Å². The molecule has 0 radical (unpaired) electrons. The smallest absolute Gasteiger partial charge is 0.344 e. The van der Waals surface area contributed by atoms with E-state index < -0.39 is 5.97 Å². The number of aromatic hydroxyl groups is 1. The van der Waals surface area contributed by atoms with Gasteiger partial charge < -0.3 is 14.6 Å². The Bertz CT molecular complexity index is 1140. The summed E-state index contributed by atoms with van der Waals surface area (Å²) in [5.41, 5.74) is 1.82. The van der Waals surface area contributed by atoms with Gasteiger partial charge in [-0.1, -0.05) is 66.7 Å². The van der Waals surface area contributed by atoms with E-state index in [4.69, 9.17) is 9.47 Å². The van der Waals surface area contributed by atoms with Crippen LogP contribution in [0.1, 0.15) is 10.4 Å². The van der Waals surface area contributed by atoms with Gasteiger partial charge >= 0.3 is 5.97 Å². The van der Waals surface area contributed by atoms with Crippen LogP contribution in [0.3, 0.4) is 0 Å². The zero-order chi connectivity index (χ0) is 20.1. The summed E-state index contributed by atoms with van der Waals surface area (Å²) in [6.45, 7) is 0. The molecule has 0 aliphatic rings. The van der Waals surface area contributed by atoms with Crippen LogP contribution in [0.15, 0.2) is 103 Å². The minimum absolute atomic E-state index is 0.0408. The molecule has 4 rings (SSSR count). The van der Waals surface area contributed by atoms with Gasteiger partial charge in [-0.2, -0.15) is 0 Å². The number of carbonyl (C=O) groups is 1. The molecule has 0 bridgehead atoms. The van der Waals surface area contributed by atoms with Crippen molar-refractivity contribution in [3.05, 3.63) is 109 Å². The predicted molar refractivity (Wildman–Crippen MR) is 111 cm³/mol. The Morgan fingerprint density at radius 2 is 1.21 bits per heavy atom. The number of rotatable bonds is 5. The van der Waals surface area contributed by atoms with Crippen LogP contribution in [-0.2, 0) is 0 Å². The lowest BCUT2D eigenvalue weighted by molar-refractivity contribution is 0.0735. The van der Waals surface area contributed by atoms with Crippen molar-refractivity contribution < 1.29 is 19.4 Å². The average molecular weight is 382 g/mol. The number of esters is 1. The maximum atomic E-state index is 12.8. The third-order valence-electron chi connectivity index (χ3n) is 4.36. The Kier molecular flexibility index (Phi) is 5.25. The van der Waals surface area contributed by atoms with E-state index in [1.807, 2.05) is 48.5 Å². The van der Waals surface area contributed by atoms with Gasteiger partial charge in [0.25, 0.3) is 0 Å². The summed E-state index contributed by atoms with van der Waals surface area (Å²) in [7, 11) is 0. The highest BCUT2D eigenvalue weighted by molar-refractivity contribution is 5.99. The molecule has 142 valence electrons. The fourth-order valence-electron chi connectivity index (χ4n) is 2.99. The number of hydrogen-bond donors (Lipinski definition) is 1. The SMILES string of the molecule is O=C(Oc1ccccc1)c1ccccc1-c1ccccc1Oc1ccccc1O. The van der Waals surface area contributed by atoms with Crippen LogP contribution in [0.5, 0.6) is 23.0 Å². The van der Waals surface area contributed by atoms with Crippen molar-refractivity contribution in [3.63, 3.8) is 0 Å². The normalized spacial score (nSPS) is 10.3. The molecule has 0 atom stereocenters. The largest absolute Gasteiger partial charge is 0.504 e. The zero-order valence-corrected chi connectivity index (χ0v) is 15.5. The van der Waals surface area contributed by atoms with Gasteiger partial charge in [-0.25, -0.2) is 4.79 Å². The second kappa shape index (κ2) is 8.31. The Hall–Kier alpha value is -4.05. The van der Waals surface area contributed by atoms with Crippen LogP contribution in [0.2, 0.25) is 0 Å². The lowest BCUT2D eigenvalue weighted by atomic mass is 9.99. The first-order chi connectivity index (χ1) is 14.2. The van der Waals surface area contributed by atoms with Gasteiger partial charge in [-0.15, -0.1) is 0 Å². The fourth-order valence-corrected chi connectivity index (χ4v) is 2.99. The Morgan fingerprint density at radius 1 is 0.621 bits per heavy atom. The summed E-state index contributed by atoms with van der Waals surface area (Å²) in [4.78, 5) is 12.8. The molecule has 0 unspecified atom stereocenters. The molecule has 29 heavy (non-hydrogen) atoms. The van der Waals surface area contributed by atoms with Crippen LogP contribution in [-0.4, -0.2) is 11.1 Å². The predicted octanol–water partition coefficient (Wildman–Crippen LogP) is 6.07. The number of para-hydroxylation sites is 4. The van der Waals surface area contributed by atoms with E-state index in [-0.39, 0.29) is 5.75 Å². The molecule has 0 aliphatic carbocycles. The number of carbonyl (C=O) groups excluding carboxylic acids is 1. The summed E-state index contributed by atoms with van der Waals surface area (Å²) in [5, 5.41) is 10.0. The van der Waals surface area contributed by atoms with Gasteiger partial charge in [0.2, 0.25) is 0 Å². The summed E-state index contributed by atoms with van der Waals surface area (Å²) >= 11 is 0. The van der Waals surface area contributed by atoms with E-state index in [0.717, 1.165) is 5.56 Å². The summed E-state index contributed by atoms with van der Waals surface area (Å²) < 4.78 is 11.5. The van der Waals surface area contributed by atoms with Gasteiger partial charge in [0.05, 0.1) is 5.56 Å². The molecule has 4 heteroatoms. The van der Waals surface area contributed by atoms with Crippen molar-refractivity contribution in [2.24, 2.45) is 0 Å². The fraction of sp³-hybridized carbons (Fsp3) is 0. The van der Waals surface area contributed by atoms with Gasteiger partial charge in [-0.3, -0.25) is 0 Å². The first-order valence-corrected chi connectivity index (χ1v) is 9.14. The Labute approximate surface area is 168 Å². The molecule has 0 saturated heterocycles. The molecule has 4 aromatic rings. The van der Waals surface area contributed by atoms with Crippen molar-refractivity contribution >= 4 is 5.97 Å². The van der Waals surface area contributed by atoms with Crippen molar-refractivity contribution in [1.82, 2.24) is 0 Å². The van der Waals surface area contributed by atoms with E-state index in [0.29, 0.717) is 28.4 Å². The van der Waals surface area contributed by atoms with Crippen LogP contribution in [0.25, 0.3) is 11.1 Å². The lowest BCUT2D eigenvalue weighted by Gasteiger charge is -2.14. The molecule has 4 aromatic carbocycles. The topological polar surface area (TPSA) is 55.8 Å². The molecular weight excluding hydrogens is 364 g/mol. The third kappa shape index (κ3) is 4.12. The second-order valence-corrected chi connectivity index (χ2v) is 6.31. The average Bonchev–Trinajstić information content (AvgIpc) is 2.76. The maximum absolute atomic E-state index is 12.8. The molecule has 0 aliphatic heterocycles. The van der Waals surface area contributed by atoms with Crippen molar-refractivity contribution in [1.29, 1.82) is 0 Å². The molecule has 4 nitrogen and oxygen atoms in total. The van der Waals surface area contributed by atoms with Crippen LogP contribution >= 0.6 is 0 Å². The Balaban J connectivity index is 1.71. The lowest BCUT2D eigenvalue weighted by Crippen LogP contribution is -2.10. The number of hydrogen-bond acceptors (Lipinski definition) is 4. The van der Waals surface area contributed by atoms with Gasteiger partial charge in [0.15, 0.2) is 11.5 Å². The highest BCUT2D eigenvalue weighted by atomic mass is 16.5.